The van der Waals surface area contributed by atoms with Gasteiger partial charge in [0.2, 0.25) is 10.0 Å². The maximum atomic E-state index is 12.9. The average molecular weight is 508 g/mol. The molecule has 8 heteroatoms. The quantitative estimate of drug-likeness (QED) is 0.455. The van der Waals surface area contributed by atoms with Crippen LogP contribution in [0.1, 0.15) is 59.0 Å². The predicted octanol–water partition coefficient (Wildman–Crippen LogP) is 5.62. The number of anilines is 1. The van der Waals surface area contributed by atoms with Crippen molar-refractivity contribution in [3.8, 4) is 23.1 Å². The lowest BCUT2D eigenvalue weighted by atomic mass is 10.0. The molecule has 1 aliphatic rings. The first-order chi connectivity index (χ1) is 16.8. The van der Waals surface area contributed by atoms with Crippen molar-refractivity contribution in [2.24, 2.45) is 0 Å². The van der Waals surface area contributed by atoms with E-state index in [2.05, 4.69) is 35.4 Å². The van der Waals surface area contributed by atoms with E-state index < -0.39 is 10.0 Å². The van der Waals surface area contributed by atoms with Crippen LogP contribution < -0.4 is 5.32 Å². The Kier molecular flexibility index (Phi) is 7.70. The first-order valence-electron chi connectivity index (χ1n) is 11.8. The SMILES string of the molecule is CCC#Cc1sc(NC(=O)c2ccc(S(=O)(=O)N3CCCCC3)cc2)nc1-c1cc(C)ccc1C. The fourth-order valence-electron chi connectivity index (χ4n) is 4.00. The minimum Gasteiger partial charge on any atom is -0.298 e. The molecule has 1 fully saturated rings. The maximum absolute atomic E-state index is 12.9. The number of hydrogen-bond donors (Lipinski definition) is 1. The van der Waals surface area contributed by atoms with E-state index in [1.807, 2.05) is 20.8 Å². The van der Waals surface area contributed by atoms with Gasteiger partial charge in [0.15, 0.2) is 5.13 Å². The van der Waals surface area contributed by atoms with Crippen LogP contribution in [-0.4, -0.2) is 36.7 Å². The predicted molar refractivity (Wildman–Crippen MR) is 141 cm³/mol. The fraction of sp³-hybridized carbons (Fsp3) is 0.333. The lowest BCUT2D eigenvalue weighted by Crippen LogP contribution is -2.35. The molecule has 2 aromatic carbocycles. The second kappa shape index (κ2) is 10.7. The Morgan fingerprint density at radius 3 is 2.49 bits per heavy atom. The van der Waals surface area contributed by atoms with Crippen LogP contribution >= 0.6 is 11.3 Å². The molecule has 1 aliphatic heterocycles. The van der Waals surface area contributed by atoms with E-state index in [0.29, 0.717) is 23.8 Å². The van der Waals surface area contributed by atoms with Crippen LogP contribution in [0.25, 0.3) is 11.3 Å². The van der Waals surface area contributed by atoms with Gasteiger partial charge in [-0.3, -0.25) is 10.1 Å². The monoisotopic (exact) mass is 507 g/mol. The van der Waals surface area contributed by atoms with Crippen LogP contribution in [0.15, 0.2) is 47.4 Å². The molecule has 1 aromatic heterocycles. The molecular weight excluding hydrogens is 478 g/mol. The number of rotatable bonds is 5. The Labute approximate surface area is 211 Å². The molecule has 1 N–H and O–H groups in total. The van der Waals surface area contributed by atoms with Gasteiger partial charge in [0.1, 0.15) is 4.88 Å². The molecule has 0 unspecified atom stereocenters. The number of thiazole rings is 1. The van der Waals surface area contributed by atoms with Crippen molar-refractivity contribution < 1.29 is 13.2 Å². The normalized spacial score (nSPS) is 14.3. The number of carbonyl (C=O) groups excluding carboxylic acids is 1. The Balaban J connectivity index is 1.57. The van der Waals surface area contributed by atoms with Gasteiger partial charge in [-0.15, -0.1) is 0 Å². The molecule has 0 atom stereocenters. The summed E-state index contributed by atoms with van der Waals surface area (Å²) in [6.07, 6.45) is 3.53. The highest BCUT2D eigenvalue weighted by Gasteiger charge is 2.26. The molecule has 0 bridgehead atoms. The van der Waals surface area contributed by atoms with Gasteiger partial charge in [-0.05, 0) is 62.6 Å². The second-order valence-electron chi connectivity index (χ2n) is 8.61. The van der Waals surface area contributed by atoms with Crippen LogP contribution in [0.5, 0.6) is 0 Å². The molecule has 4 rings (SSSR count). The summed E-state index contributed by atoms with van der Waals surface area (Å²) in [4.78, 5) is 18.6. The van der Waals surface area contributed by atoms with E-state index in [-0.39, 0.29) is 10.8 Å². The first-order valence-corrected chi connectivity index (χ1v) is 14.0. The van der Waals surface area contributed by atoms with Crippen molar-refractivity contribution in [1.82, 2.24) is 9.29 Å². The van der Waals surface area contributed by atoms with E-state index in [1.165, 1.54) is 27.8 Å². The van der Waals surface area contributed by atoms with Gasteiger partial charge in [0.05, 0.1) is 10.6 Å². The van der Waals surface area contributed by atoms with Crippen molar-refractivity contribution in [2.75, 3.05) is 18.4 Å². The zero-order valence-electron chi connectivity index (χ0n) is 20.2. The first kappa shape index (κ1) is 25.1. The van der Waals surface area contributed by atoms with E-state index in [1.54, 1.807) is 12.1 Å². The third kappa shape index (κ3) is 5.64. The Hall–Kier alpha value is -2.99. The van der Waals surface area contributed by atoms with Crippen molar-refractivity contribution in [3.05, 3.63) is 64.0 Å². The third-order valence-corrected chi connectivity index (χ3v) is 8.74. The van der Waals surface area contributed by atoms with Crippen LogP contribution in [0.2, 0.25) is 0 Å². The van der Waals surface area contributed by atoms with Gasteiger partial charge in [-0.2, -0.15) is 4.31 Å². The number of piperidine rings is 1. The molecule has 0 saturated carbocycles. The zero-order valence-corrected chi connectivity index (χ0v) is 21.9. The van der Waals surface area contributed by atoms with Crippen molar-refractivity contribution in [2.45, 2.75) is 51.3 Å². The van der Waals surface area contributed by atoms with Crippen LogP contribution in [-0.2, 0) is 10.0 Å². The minimum atomic E-state index is -3.54. The summed E-state index contributed by atoms with van der Waals surface area (Å²) in [5, 5.41) is 3.32. The Bertz CT molecular complexity index is 1390. The summed E-state index contributed by atoms with van der Waals surface area (Å²) in [5.74, 6) is 5.94. The third-order valence-electron chi connectivity index (χ3n) is 5.94. The number of nitrogens with zero attached hydrogens (tertiary/aromatic N) is 2. The number of aromatic nitrogens is 1. The fourth-order valence-corrected chi connectivity index (χ4v) is 6.37. The highest BCUT2D eigenvalue weighted by molar-refractivity contribution is 7.89. The smallest absolute Gasteiger partial charge is 0.257 e. The lowest BCUT2D eigenvalue weighted by Gasteiger charge is -2.25. The molecule has 0 aliphatic carbocycles. The highest BCUT2D eigenvalue weighted by Crippen LogP contribution is 2.33. The number of nitrogens with one attached hydrogen (secondary N) is 1. The largest absolute Gasteiger partial charge is 0.298 e. The number of hydrogen-bond acceptors (Lipinski definition) is 5. The number of aryl methyl sites for hydroxylation is 2. The summed E-state index contributed by atoms with van der Waals surface area (Å²) in [5.41, 5.74) is 4.33. The van der Waals surface area contributed by atoms with Crippen LogP contribution in [0.4, 0.5) is 5.13 Å². The minimum absolute atomic E-state index is 0.208. The van der Waals surface area contributed by atoms with E-state index in [0.717, 1.165) is 52.9 Å². The van der Waals surface area contributed by atoms with Gasteiger partial charge < -0.3 is 0 Å². The van der Waals surface area contributed by atoms with Crippen LogP contribution in [0.3, 0.4) is 0 Å². The Morgan fingerprint density at radius 1 is 1.09 bits per heavy atom. The van der Waals surface area contributed by atoms with Gasteiger partial charge >= 0.3 is 0 Å². The summed E-state index contributed by atoms with van der Waals surface area (Å²) < 4.78 is 27.3. The molecule has 0 radical (unpaired) electrons. The van der Waals surface area contributed by atoms with Crippen molar-refractivity contribution >= 4 is 32.4 Å². The summed E-state index contributed by atoms with van der Waals surface area (Å²) in [6.45, 7) is 7.14. The number of sulfonamides is 1. The van der Waals surface area contributed by atoms with Crippen molar-refractivity contribution in [1.29, 1.82) is 0 Å². The Morgan fingerprint density at radius 2 is 1.80 bits per heavy atom. The molecule has 182 valence electrons. The molecule has 2 heterocycles. The van der Waals surface area contributed by atoms with Crippen molar-refractivity contribution in [3.63, 3.8) is 0 Å². The van der Waals surface area contributed by atoms with E-state index in [9.17, 15) is 13.2 Å². The molecule has 6 nitrogen and oxygen atoms in total. The van der Waals surface area contributed by atoms with E-state index in [4.69, 9.17) is 4.98 Å². The topological polar surface area (TPSA) is 79.4 Å². The van der Waals surface area contributed by atoms with E-state index >= 15 is 0 Å². The van der Waals surface area contributed by atoms with Gasteiger partial charge in [-0.1, -0.05) is 54.2 Å². The van der Waals surface area contributed by atoms with Gasteiger partial charge in [0.25, 0.3) is 5.91 Å². The average Bonchev–Trinajstić information content (AvgIpc) is 3.26. The summed E-state index contributed by atoms with van der Waals surface area (Å²) in [6, 6.07) is 12.3. The lowest BCUT2D eigenvalue weighted by molar-refractivity contribution is 0.102. The number of carbonyl (C=O) groups is 1. The molecule has 0 spiro atoms. The summed E-state index contributed by atoms with van der Waals surface area (Å²) >= 11 is 1.34. The highest BCUT2D eigenvalue weighted by atomic mass is 32.2. The second-order valence-corrected chi connectivity index (χ2v) is 11.6. The number of amides is 1. The number of benzene rings is 2. The van der Waals surface area contributed by atoms with Crippen LogP contribution in [0, 0.1) is 25.7 Å². The molecule has 1 saturated heterocycles. The summed E-state index contributed by atoms with van der Waals surface area (Å²) in [7, 11) is -3.54. The maximum Gasteiger partial charge on any atom is 0.257 e. The molecular formula is C27H29N3O3S2. The molecule has 3 aromatic rings. The van der Waals surface area contributed by atoms with Gasteiger partial charge in [0, 0.05) is 30.6 Å². The zero-order chi connectivity index (χ0) is 25.0. The molecule has 35 heavy (non-hydrogen) atoms. The van der Waals surface area contributed by atoms with Gasteiger partial charge in [-0.25, -0.2) is 13.4 Å². The molecule has 1 amide bonds. The standard InChI is InChI=1S/C27H29N3O3S2/c1-4-5-9-24-25(23-18-19(2)10-11-20(23)3)28-27(34-24)29-26(31)21-12-14-22(15-13-21)35(32,33)30-16-7-6-8-17-30/h10-15,18H,4,6-8,16-17H2,1-3H3,(H,28,29,31).